The predicted molar refractivity (Wildman–Crippen MR) is 115 cm³/mol. The highest BCUT2D eigenvalue weighted by atomic mass is 35.5. The van der Waals surface area contributed by atoms with Gasteiger partial charge in [0.1, 0.15) is 5.75 Å². The van der Waals surface area contributed by atoms with Crippen LogP contribution in [0.25, 0.3) is 10.8 Å². The molecule has 1 aliphatic heterocycles. The van der Waals surface area contributed by atoms with Gasteiger partial charge in [-0.15, -0.1) is 24.8 Å². The van der Waals surface area contributed by atoms with Crippen molar-refractivity contribution in [2.75, 3.05) is 40.3 Å². The Bertz CT molecular complexity index is 751. The first kappa shape index (κ1) is 23.5. The second kappa shape index (κ2) is 10.7. The van der Waals surface area contributed by atoms with Crippen LogP contribution in [0.3, 0.4) is 0 Å². The molecule has 1 atom stereocenters. The van der Waals surface area contributed by atoms with E-state index in [2.05, 4.69) is 34.5 Å². The van der Waals surface area contributed by atoms with Crippen LogP contribution in [-0.2, 0) is 11.3 Å². The topological polar surface area (TPSA) is 44.8 Å². The zero-order valence-corrected chi connectivity index (χ0v) is 17.7. The minimum Gasteiger partial charge on any atom is -0.497 e. The molecule has 3 rings (SSSR count). The molecule has 0 aromatic heterocycles. The zero-order valence-electron chi connectivity index (χ0n) is 16.1. The summed E-state index contributed by atoms with van der Waals surface area (Å²) in [6.07, 6.45) is 0. The Morgan fingerprint density at radius 3 is 2.44 bits per heavy atom. The van der Waals surface area contributed by atoms with Gasteiger partial charge in [-0.3, -0.25) is 9.69 Å². The summed E-state index contributed by atoms with van der Waals surface area (Å²) < 4.78 is 5.27. The number of ether oxygens (including phenoxy) is 1. The standard InChI is InChI=1S/C20H27N3O2.2ClH/c1-15(23-10-8-21-9-11-23)20(24)22(2)14-16-4-5-18-13-19(25-3)7-6-17(18)12-16;;/h4-7,12-13,15,21H,8-11,14H2,1-3H3;2*1H. The monoisotopic (exact) mass is 413 g/mol. The van der Waals surface area contributed by atoms with Crippen molar-refractivity contribution in [2.45, 2.75) is 19.5 Å². The summed E-state index contributed by atoms with van der Waals surface area (Å²) >= 11 is 0. The van der Waals surface area contributed by atoms with E-state index in [9.17, 15) is 4.79 Å². The van der Waals surface area contributed by atoms with E-state index in [0.29, 0.717) is 6.54 Å². The molecular weight excluding hydrogens is 385 g/mol. The van der Waals surface area contributed by atoms with E-state index in [1.165, 1.54) is 0 Å². The van der Waals surface area contributed by atoms with Crippen molar-refractivity contribution < 1.29 is 9.53 Å². The average molecular weight is 414 g/mol. The number of fused-ring (bicyclic) bond motifs is 1. The summed E-state index contributed by atoms with van der Waals surface area (Å²) in [7, 11) is 3.56. The maximum absolute atomic E-state index is 12.7. The molecule has 0 radical (unpaired) electrons. The number of hydrogen-bond acceptors (Lipinski definition) is 4. The van der Waals surface area contributed by atoms with E-state index in [1.54, 1.807) is 7.11 Å². The van der Waals surface area contributed by atoms with Crippen LogP contribution in [0.1, 0.15) is 12.5 Å². The third-order valence-electron chi connectivity index (χ3n) is 4.96. The maximum atomic E-state index is 12.7. The molecule has 1 saturated heterocycles. The van der Waals surface area contributed by atoms with E-state index in [4.69, 9.17) is 4.74 Å². The van der Waals surface area contributed by atoms with E-state index in [-0.39, 0.29) is 36.8 Å². The number of hydrogen-bond donors (Lipinski definition) is 1. The van der Waals surface area contributed by atoms with Gasteiger partial charge in [0.15, 0.2) is 0 Å². The Labute approximate surface area is 173 Å². The summed E-state index contributed by atoms with van der Waals surface area (Å²) in [5, 5.41) is 5.63. The van der Waals surface area contributed by atoms with Gasteiger partial charge in [-0.2, -0.15) is 0 Å². The maximum Gasteiger partial charge on any atom is 0.239 e. The first-order chi connectivity index (χ1) is 12.1. The van der Waals surface area contributed by atoms with Crippen molar-refractivity contribution in [3.8, 4) is 5.75 Å². The lowest BCUT2D eigenvalue weighted by atomic mass is 10.1. The Morgan fingerprint density at radius 1 is 1.15 bits per heavy atom. The lowest BCUT2D eigenvalue weighted by Gasteiger charge is -2.34. The second-order valence-corrected chi connectivity index (χ2v) is 6.70. The molecule has 1 heterocycles. The molecule has 0 spiro atoms. The van der Waals surface area contributed by atoms with Crippen molar-refractivity contribution in [3.05, 3.63) is 42.0 Å². The number of rotatable bonds is 5. The highest BCUT2D eigenvalue weighted by Gasteiger charge is 2.25. The molecular formula is C20H29Cl2N3O2. The summed E-state index contributed by atoms with van der Waals surface area (Å²) in [5.41, 5.74) is 1.14. The molecule has 5 nitrogen and oxygen atoms in total. The molecule has 1 amide bonds. The van der Waals surface area contributed by atoms with E-state index in [0.717, 1.165) is 48.3 Å². The largest absolute Gasteiger partial charge is 0.497 e. The molecule has 2 aromatic carbocycles. The van der Waals surface area contributed by atoms with Crippen LogP contribution in [0, 0.1) is 0 Å². The van der Waals surface area contributed by atoms with E-state index < -0.39 is 0 Å². The SMILES string of the molecule is COc1ccc2cc(CN(C)C(=O)C(C)N3CCNCC3)ccc2c1.Cl.Cl. The van der Waals surface area contributed by atoms with Crippen LogP contribution in [-0.4, -0.2) is 62.1 Å². The van der Waals surface area contributed by atoms with Gasteiger partial charge in [0.25, 0.3) is 0 Å². The number of likely N-dealkylation sites (N-methyl/N-ethyl adjacent to an activating group) is 1. The molecule has 1 fully saturated rings. The summed E-state index contributed by atoms with van der Waals surface area (Å²) in [4.78, 5) is 16.8. The molecule has 1 unspecified atom stereocenters. The van der Waals surface area contributed by atoms with Crippen LogP contribution >= 0.6 is 24.8 Å². The van der Waals surface area contributed by atoms with Crippen molar-refractivity contribution >= 4 is 41.5 Å². The molecule has 27 heavy (non-hydrogen) atoms. The first-order valence-electron chi connectivity index (χ1n) is 8.85. The van der Waals surface area contributed by atoms with Crippen molar-refractivity contribution in [2.24, 2.45) is 0 Å². The normalized spacial score (nSPS) is 15.4. The van der Waals surface area contributed by atoms with Crippen molar-refractivity contribution in [1.29, 1.82) is 0 Å². The van der Waals surface area contributed by atoms with Gasteiger partial charge in [0.05, 0.1) is 13.2 Å². The van der Waals surface area contributed by atoms with Crippen LogP contribution in [0.5, 0.6) is 5.75 Å². The van der Waals surface area contributed by atoms with Gasteiger partial charge in [0.2, 0.25) is 5.91 Å². The average Bonchev–Trinajstić information content (AvgIpc) is 2.67. The molecule has 1 aliphatic rings. The fourth-order valence-corrected chi connectivity index (χ4v) is 3.39. The fourth-order valence-electron chi connectivity index (χ4n) is 3.39. The number of halogens is 2. The zero-order chi connectivity index (χ0) is 17.8. The smallest absolute Gasteiger partial charge is 0.239 e. The quantitative estimate of drug-likeness (QED) is 0.817. The Balaban J connectivity index is 0.00000182. The summed E-state index contributed by atoms with van der Waals surface area (Å²) in [5.74, 6) is 1.04. The number of carbonyl (C=O) groups is 1. The lowest BCUT2D eigenvalue weighted by molar-refractivity contribution is -0.135. The summed E-state index contributed by atoms with van der Waals surface area (Å²) in [6, 6.07) is 12.3. The highest BCUT2D eigenvalue weighted by Crippen LogP contribution is 2.22. The van der Waals surface area contributed by atoms with Crippen molar-refractivity contribution in [3.63, 3.8) is 0 Å². The predicted octanol–water partition coefficient (Wildman–Crippen LogP) is 2.94. The second-order valence-electron chi connectivity index (χ2n) is 6.70. The minimum absolute atomic E-state index is 0. The Kier molecular flexibility index (Phi) is 9.33. The number of nitrogens with zero attached hydrogens (tertiary/aromatic N) is 2. The molecule has 2 aromatic rings. The molecule has 0 bridgehead atoms. The molecule has 0 aliphatic carbocycles. The van der Waals surface area contributed by atoms with E-state index in [1.807, 2.05) is 31.0 Å². The molecule has 150 valence electrons. The van der Waals surface area contributed by atoms with Gasteiger partial charge in [0, 0.05) is 39.8 Å². The Hall–Kier alpha value is -1.53. The number of methoxy groups -OCH3 is 1. The third kappa shape index (κ3) is 5.72. The van der Waals surface area contributed by atoms with E-state index >= 15 is 0 Å². The number of nitrogens with one attached hydrogen (secondary N) is 1. The molecule has 7 heteroatoms. The lowest BCUT2D eigenvalue weighted by Crippen LogP contribution is -2.52. The first-order valence-corrected chi connectivity index (χ1v) is 8.85. The van der Waals surface area contributed by atoms with Gasteiger partial charge in [-0.1, -0.05) is 18.2 Å². The highest BCUT2D eigenvalue weighted by molar-refractivity contribution is 5.86. The van der Waals surface area contributed by atoms with Crippen LogP contribution in [0.4, 0.5) is 0 Å². The Morgan fingerprint density at radius 2 is 1.78 bits per heavy atom. The number of carbonyl (C=O) groups excluding carboxylic acids is 1. The third-order valence-corrected chi connectivity index (χ3v) is 4.96. The van der Waals surface area contributed by atoms with Gasteiger partial charge in [-0.05, 0) is 41.5 Å². The number of benzene rings is 2. The van der Waals surface area contributed by atoms with Gasteiger partial charge in [-0.25, -0.2) is 0 Å². The van der Waals surface area contributed by atoms with Crippen LogP contribution in [0.2, 0.25) is 0 Å². The fraction of sp³-hybridized carbons (Fsp3) is 0.450. The summed E-state index contributed by atoms with van der Waals surface area (Å²) in [6.45, 7) is 6.40. The molecule has 0 saturated carbocycles. The minimum atomic E-state index is -0.0724. The van der Waals surface area contributed by atoms with Crippen LogP contribution < -0.4 is 10.1 Å². The molecule has 1 N–H and O–H groups in total. The van der Waals surface area contributed by atoms with Crippen molar-refractivity contribution in [1.82, 2.24) is 15.1 Å². The van der Waals surface area contributed by atoms with Crippen LogP contribution in [0.15, 0.2) is 36.4 Å². The van der Waals surface area contributed by atoms with Gasteiger partial charge >= 0.3 is 0 Å². The number of piperazine rings is 1. The number of amides is 1. The van der Waals surface area contributed by atoms with Gasteiger partial charge < -0.3 is 15.0 Å².